The topological polar surface area (TPSA) is 35.0 Å². The lowest BCUT2D eigenvalue weighted by molar-refractivity contribution is 0.462. The average molecular weight is 122 g/mol. The van der Waals surface area contributed by atoms with Crippen LogP contribution in [0.3, 0.4) is 0 Å². The van der Waals surface area contributed by atoms with E-state index in [1.54, 1.807) is 12.3 Å². The minimum Gasteiger partial charge on any atom is -0.447 e. The van der Waals surface area contributed by atoms with Crippen LogP contribution in [0.2, 0.25) is 0 Å². The second-order valence-corrected chi connectivity index (χ2v) is 1.33. The number of aromatic nitrogens is 2. The summed E-state index contributed by atoms with van der Waals surface area (Å²) in [4.78, 5) is 7.47. The molecule has 0 saturated carbocycles. The third-order valence-electron chi connectivity index (χ3n) is 0.759. The van der Waals surface area contributed by atoms with E-state index in [1.807, 2.05) is 0 Å². The second kappa shape index (κ2) is 2.81. The van der Waals surface area contributed by atoms with Crippen LogP contribution < -0.4 is 4.74 Å². The summed E-state index contributed by atoms with van der Waals surface area (Å²) in [5.74, 6) is 0.514. The highest BCUT2D eigenvalue weighted by Crippen LogP contribution is 2.00. The molecule has 0 atom stereocenters. The first-order valence-electron chi connectivity index (χ1n) is 2.47. The van der Waals surface area contributed by atoms with Gasteiger partial charge < -0.3 is 4.74 Å². The smallest absolute Gasteiger partial charge is 0.221 e. The van der Waals surface area contributed by atoms with E-state index in [4.69, 9.17) is 4.74 Å². The molecule has 0 aromatic carbocycles. The molecule has 3 heteroatoms. The third kappa shape index (κ3) is 1.53. The van der Waals surface area contributed by atoms with Gasteiger partial charge in [0, 0.05) is 12.3 Å². The minimum atomic E-state index is 0.514. The Kier molecular flexibility index (Phi) is 1.80. The Morgan fingerprint density at radius 3 is 3.11 bits per heavy atom. The molecular weight excluding hydrogens is 116 g/mol. The number of rotatable bonds is 2. The molecule has 3 nitrogen and oxygen atoms in total. The van der Waals surface area contributed by atoms with E-state index in [0.717, 1.165) is 0 Å². The number of hydrogen-bond donors (Lipinski definition) is 0. The van der Waals surface area contributed by atoms with E-state index in [0.29, 0.717) is 5.88 Å². The lowest BCUT2D eigenvalue weighted by atomic mass is 10.6. The minimum absolute atomic E-state index is 0.514. The van der Waals surface area contributed by atoms with Gasteiger partial charge in [-0.3, -0.25) is 0 Å². The van der Waals surface area contributed by atoms with Crippen LogP contribution in [0.15, 0.2) is 31.4 Å². The van der Waals surface area contributed by atoms with Gasteiger partial charge in [-0.25, -0.2) is 9.97 Å². The predicted molar refractivity (Wildman–Crippen MR) is 32.9 cm³/mol. The SMILES string of the molecule is C=COc1ccncn1. The highest BCUT2D eigenvalue weighted by Gasteiger charge is 1.84. The summed E-state index contributed by atoms with van der Waals surface area (Å²) in [7, 11) is 0. The van der Waals surface area contributed by atoms with Crippen molar-refractivity contribution in [2.75, 3.05) is 0 Å². The van der Waals surface area contributed by atoms with Gasteiger partial charge in [-0.2, -0.15) is 0 Å². The number of nitrogens with zero attached hydrogens (tertiary/aromatic N) is 2. The van der Waals surface area contributed by atoms with Crippen molar-refractivity contribution in [1.82, 2.24) is 9.97 Å². The van der Waals surface area contributed by atoms with E-state index in [2.05, 4.69) is 16.5 Å². The zero-order chi connectivity index (χ0) is 6.53. The fraction of sp³-hybridized carbons (Fsp3) is 0. The molecule has 1 aromatic rings. The van der Waals surface area contributed by atoms with E-state index < -0.39 is 0 Å². The monoisotopic (exact) mass is 122 g/mol. The quantitative estimate of drug-likeness (QED) is 0.549. The lowest BCUT2D eigenvalue weighted by Crippen LogP contribution is -1.84. The number of ether oxygens (including phenoxy) is 1. The van der Waals surface area contributed by atoms with E-state index in [1.165, 1.54) is 12.6 Å². The fourth-order valence-electron chi connectivity index (χ4n) is 0.434. The van der Waals surface area contributed by atoms with Gasteiger partial charge in [-0.15, -0.1) is 0 Å². The van der Waals surface area contributed by atoms with Gasteiger partial charge in [0.25, 0.3) is 0 Å². The first-order chi connectivity index (χ1) is 4.43. The Labute approximate surface area is 53.0 Å². The van der Waals surface area contributed by atoms with Crippen LogP contribution in [0.5, 0.6) is 5.88 Å². The Hall–Kier alpha value is -1.38. The molecular formula is C6H6N2O. The van der Waals surface area contributed by atoms with E-state index in [-0.39, 0.29) is 0 Å². The molecule has 0 amide bonds. The summed E-state index contributed by atoms with van der Waals surface area (Å²) in [6.45, 7) is 3.37. The molecule has 1 rings (SSSR count). The van der Waals surface area contributed by atoms with Gasteiger partial charge in [0.15, 0.2) is 0 Å². The van der Waals surface area contributed by atoms with Crippen LogP contribution in [0.25, 0.3) is 0 Å². The summed E-state index contributed by atoms with van der Waals surface area (Å²) in [6.07, 6.45) is 4.34. The van der Waals surface area contributed by atoms with Crippen molar-refractivity contribution in [2.24, 2.45) is 0 Å². The fourth-order valence-corrected chi connectivity index (χ4v) is 0.434. The number of hydrogen-bond acceptors (Lipinski definition) is 3. The average Bonchev–Trinajstić information content (AvgIpc) is 1.91. The Morgan fingerprint density at radius 1 is 1.67 bits per heavy atom. The van der Waals surface area contributed by atoms with Crippen LogP contribution >= 0.6 is 0 Å². The van der Waals surface area contributed by atoms with Gasteiger partial charge in [0.1, 0.15) is 6.33 Å². The van der Waals surface area contributed by atoms with Gasteiger partial charge in [0.2, 0.25) is 5.88 Å². The second-order valence-electron chi connectivity index (χ2n) is 1.33. The molecule has 0 N–H and O–H groups in total. The first kappa shape index (κ1) is 5.75. The van der Waals surface area contributed by atoms with Gasteiger partial charge in [-0.1, -0.05) is 6.58 Å². The Bertz CT molecular complexity index is 186. The zero-order valence-electron chi connectivity index (χ0n) is 4.82. The predicted octanol–water partition coefficient (Wildman–Crippen LogP) is 0.999. The Morgan fingerprint density at radius 2 is 2.56 bits per heavy atom. The van der Waals surface area contributed by atoms with Crippen molar-refractivity contribution in [1.29, 1.82) is 0 Å². The maximum absolute atomic E-state index is 4.82. The van der Waals surface area contributed by atoms with Crippen molar-refractivity contribution in [3.8, 4) is 5.88 Å². The molecule has 0 aliphatic rings. The summed E-state index contributed by atoms with van der Waals surface area (Å²) >= 11 is 0. The molecule has 0 bridgehead atoms. The standard InChI is InChI=1S/C6H6N2O/c1-2-9-6-3-4-7-5-8-6/h2-5H,1H2. The molecule has 9 heavy (non-hydrogen) atoms. The molecule has 1 heterocycles. The first-order valence-corrected chi connectivity index (χ1v) is 2.47. The largest absolute Gasteiger partial charge is 0.447 e. The third-order valence-corrected chi connectivity index (χ3v) is 0.759. The van der Waals surface area contributed by atoms with Crippen molar-refractivity contribution in [3.63, 3.8) is 0 Å². The molecule has 1 aromatic heterocycles. The summed E-state index contributed by atoms with van der Waals surface area (Å²) in [6, 6.07) is 1.65. The van der Waals surface area contributed by atoms with Crippen molar-refractivity contribution in [2.45, 2.75) is 0 Å². The molecule has 0 aliphatic carbocycles. The van der Waals surface area contributed by atoms with Gasteiger partial charge in [-0.05, 0) is 0 Å². The molecule has 46 valence electrons. The molecule has 0 saturated heterocycles. The molecule has 0 fully saturated rings. The van der Waals surface area contributed by atoms with E-state index >= 15 is 0 Å². The molecule has 0 radical (unpaired) electrons. The summed E-state index contributed by atoms with van der Waals surface area (Å²) in [5, 5.41) is 0. The van der Waals surface area contributed by atoms with Crippen LogP contribution in [-0.2, 0) is 0 Å². The summed E-state index contributed by atoms with van der Waals surface area (Å²) in [5.41, 5.74) is 0. The molecule has 0 spiro atoms. The van der Waals surface area contributed by atoms with Crippen molar-refractivity contribution >= 4 is 0 Å². The maximum atomic E-state index is 4.82. The van der Waals surface area contributed by atoms with Crippen LogP contribution in [0.1, 0.15) is 0 Å². The highest BCUT2D eigenvalue weighted by atomic mass is 16.5. The van der Waals surface area contributed by atoms with Gasteiger partial charge >= 0.3 is 0 Å². The highest BCUT2D eigenvalue weighted by molar-refractivity contribution is 5.05. The Balaban J connectivity index is 2.72. The van der Waals surface area contributed by atoms with Crippen LogP contribution in [0, 0.1) is 0 Å². The van der Waals surface area contributed by atoms with Crippen molar-refractivity contribution < 1.29 is 4.74 Å². The normalized spacial score (nSPS) is 8.44. The molecule has 0 unspecified atom stereocenters. The lowest BCUT2D eigenvalue weighted by Gasteiger charge is -1.93. The van der Waals surface area contributed by atoms with Crippen LogP contribution in [-0.4, -0.2) is 9.97 Å². The zero-order valence-corrected chi connectivity index (χ0v) is 4.82. The van der Waals surface area contributed by atoms with Crippen molar-refractivity contribution in [3.05, 3.63) is 31.4 Å². The van der Waals surface area contributed by atoms with Gasteiger partial charge in [0.05, 0.1) is 6.26 Å². The van der Waals surface area contributed by atoms with Crippen LogP contribution in [0.4, 0.5) is 0 Å². The summed E-state index contributed by atoms with van der Waals surface area (Å²) < 4.78 is 4.82. The molecule has 0 aliphatic heterocycles. The van der Waals surface area contributed by atoms with E-state index in [9.17, 15) is 0 Å². The maximum Gasteiger partial charge on any atom is 0.221 e.